The van der Waals surface area contributed by atoms with Gasteiger partial charge in [0.15, 0.2) is 5.78 Å². The second kappa shape index (κ2) is 5.48. The van der Waals surface area contributed by atoms with E-state index in [1.807, 2.05) is 0 Å². The van der Waals surface area contributed by atoms with Crippen molar-refractivity contribution in [3.8, 4) is 5.75 Å². The van der Waals surface area contributed by atoms with E-state index in [2.05, 4.69) is 20.7 Å². The summed E-state index contributed by atoms with van der Waals surface area (Å²) in [6, 6.07) is 1.86. The molecule has 0 atom stereocenters. The van der Waals surface area contributed by atoms with Gasteiger partial charge in [0.2, 0.25) is 0 Å². The van der Waals surface area contributed by atoms with Crippen LogP contribution in [-0.2, 0) is 0 Å². The molecule has 0 aliphatic rings. The van der Waals surface area contributed by atoms with Gasteiger partial charge in [-0.15, -0.1) is 0 Å². The van der Waals surface area contributed by atoms with E-state index >= 15 is 0 Å². The van der Waals surface area contributed by atoms with Gasteiger partial charge in [-0.05, 0) is 35.0 Å². The number of Topliss-reactive ketones (excluding diaryl/α,β-unsaturated/α-hetero) is 1. The number of carbonyl (C=O) groups excluding carboxylic acids is 1. The van der Waals surface area contributed by atoms with Crippen LogP contribution in [-0.4, -0.2) is 12.4 Å². The van der Waals surface area contributed by atoms with Crippen molar-refractivity contribution in [3.63, 3.8) is 0 Å². The summed E-state index contributed by atoms with van der Waals surface area (Å²) < 4.78 is 53.1. The molecular formula is C10H7BrF4O2. The first-order valence-electron chi connectivity index (χ1n) is 4.41. The van der Waals surface area contributed by atoms with Crippen molar-refractivity contribution in [2.45, 2.75) is 20.0 Å². The van der Waals surface area contributed by atoms with Crippen LogP contribution < -0.4 is 4.74 Å². The van der Waals surface area contributed by atoms with Gasteiger partial charge in [-0.2, -0.15) is 8.78 Å². The predicted octanol–water partition coefficient (Wildman–Crippen LogP) is 4.19. The third kappa shape index (κ3) is 3.18. The van der Waals surface area contributed by atoms with Gasteiger partial charge in [0, 0.05) is 11.1 Å². The van der Waals surface area contributed by atoms with Crippen LogP contribution in [0.5, 0.6) is 5.75 Å². The van der Waals surface area contributed by atoms with E-state index in [9.17, 15) is 22.4 Å². The number of halogens is 5. The topological polar surface area (TPSA) is 26.3 Å². The molecule has 0 saturated carbocycles. The van der Waals surface area contributed by atoms with Crippen molar-refractivity contribution >= 4 is 21.7 Å². The van der Waals surface area contributed by atoms with Gasteiger partial charge < -0.3 is 4.74 Å². The van der Waals surface area contributed by atoms with E-state index in [4.69, 9.17) is 0 Å². The summed E-state index contributed by atoms with van der Waals surface area (Å²) in [6.07, 6.45) is -2.87. The van der Waals surface area contributed by atoms with Crippen molar-refractivity contribution in [2.75, 3.05) is 0 Å². The van der Waals surface area contributed by atoms with E-state index in [1.54, 1.807) is 0 Å². The largest absolute Gasteiger partial charge is 0.434 e. The molecule has 0 aliphatic heterocycles. The van der Waals surface area contributed by atoms with Crippen LogP contribution in [0.2, 0.25) is 0 Å². The third-order valence-electron chi connectivity index (χ3n) is 1.94. The number of ether oxygens (including phenoxy) is 1. The monoisotopic (exact) mass is 314 g/mol. The standard InChI is InChI=1S/C10H7BrF4O2/c1-4(16)7-5(9(12)13)2-3-6(8(7)11)17-10(14)15/h2-3,9-10H,1H3. The second-order valence-electron chi connectivity index (χ2n) is 3.08. The number of hydrogen-bond donors (Lipinski definition) is 0. The fraction of sp³-hybridized carbons (Fsp3) is 0.300. The van der Waals surface area contributed by atoms with Crippen LogP contribution in [0.15, 0.2) is 16.6 Å². The first-order chi connectivity index (χ1) is 7.84. The highest BCUT2D eigenvalue weighted by Crippen LogP contribution is 2.36. The van der Waals surface area contributed by atoms with Gasteiger partial charge in [0.1, 0.15) is 5.75 Å². The number of hydrogen-bond acceptors (Lipinski definition) is 2. The fourth-order valence-electron chi connectivity index (χ4n) is 1.30. The van der Waals surface area contributed by atoms with Gasteiger partial charge in [0.25, 0.3) is 6.43 Å². The van der Waals surface area contributed by atoms with E-state index < -0.39 is 24.4 Å². The quantitative estimate of drug-likeness (QED) is 0.615. The third-order valence-corrected chi connectivity index (χ3v) is 2.73. The summed E-state index contributed by atoms with van der Waals surface area (Å²) in [6.45, 7) is -2.03. The van der Waals surface area contributed by atoms with Crippen molar-refractivity contribution in [1.29, 1.82) is 0 Å². The van der Waals surface area contributed by atoms with Crippen LogP contribution in [0.3, 0.4) is 0 Å². The van der Waals surface area contributed by atoms with Gasteiger partial charge in [0.05, 0.1) is 4.47 Å². The second-order valence-corrected chi connectivity index (χ2v) is 3.87. The molecule has 0 heterocycles. The van der Waals surface area contributed by atoms with Crippen LogP contribution in [0, 0.1) is 0 Å². The highest BCUT2D eigenvalue weighted by molar-refractivity contribution is 9.10. The van der Waals surface area contributed by atoms with Gasteiger partial charge >= 0.3 is 6.61 Å². The Balaban J connectivity index is 3.33. The van der Waals surface area contributed by atoms with Gasteiger partial charge in [-0.1, -0.05) is 0 Å². The molecule has 0 saturated heterocycles. The minimum atomic E-state index is -3.09. The van der Waals surface area contributed by atoms with Crippen molar-refractivity contribution in [3.05, 3.63) is 27.7 Å². The fourth-order valence-corrected chi connectivity index (χ4v) is 2.03. The highest BCUT2D eigenvalue weighted by Gasteiger charge is 2.22. The number of ketones is 1. The maximum Gasteiger partial charge on any atom is 0.387 e. The molecule has 0 aromatic heterocycles. The average Bonchev–Trinajstić information content (AvgIpc) is 2.19. The number of carbonyl (C=O) groups is 1. The Labute approximate surface area is 103 Å². The maximum atomic E-state index is 12.6. The van der Waals surface area contributed by atoms with Gasteiger partial charge in [-0.3, -0.25) is 4.79 Å². The Hall–Kier alpha value is -1.11. The molecule has 0 aliphatic carbocycles. The lowest BCUT2D eigenvalue weighted by molar-refractivity contribution is -0.0504. The lowest BCUT2D eigenvalue weighted by Crippen LogP contribution is -2.07. The molecule has 0 unspecified atom stereocenters. The van der Waals surface area contributed by atoms with E-state index in [-0.39, 0.29) is 15.8 Å². The summed E-state index contributed by atoms with van der Waals surface area (Å²) in [4.78, 5) is 11.2. The van der Waals surface area contributed by atoms with Crippen LogP contribution in [0.1, 0.15) is 29.3 Å². The Kier molecular flexibility index (Phi) is 4.50. The Morgan fingerprint density at radius 3 is 2.29 bits per heavy atom. The molecule has 0 radical (unpaired) electrons. The zero-order valence-corrected chi connectivity index (χ0v) is 10.1. The van der Waals surface area contributed by atoms with Crippen LogP contribution >= 0.6 is 15.9 Å². The number of alkyl halides is 4. The summed E-state index contributed by atoms with van der Waals surface area (Å²) in [7, 11) is 0. The smallest absolute Gasteiger partial charge is 0.387 e. The molecule has 0 N–H and O–H groups in total. The van der Waals surface area contributed by atoms with Crippen molar-refractivity contribution < 1.29 is 27.1 Å². The molecule has 94 valence electrons. The highest BCUT2D eigenvalue weighted by atomic mass is 79.9. The normalized spacial score (nSPS) is 11.1. The molecular weight excluding hydrogens is 308 g/mol. The SMILES string of the molecule is CC(=O)c1c(C(F)F)ccc(OC(F)F)c1Br. The Morgan fingerprint density at radius 2 is 1.88 bits per heavy atom. The molecule has 7 heteroatoms. The molecule has 0 fully saturated rings. The summed E-state index contributed by atoms with van der Waals surface area (Å²) in [5.41, 5.74) is -0.871. The first-order valence-corrected chi connectivity index (χ1v) is 5.20. The molecule has 0 spiro atoms. The maximum absolute atomic E-state index is 12.6. The molecule has 0 amide bonds. The van der Waals surface area contributed by atoms with E-state index in [1.165, 1.54) is 0 Å². The van der Waals surface area contributed by atoms with Crippen molar-refractivity contribution in [1.82, 2.24) is 0 Å². The molecule has 0 bridgehead atoms. The average molecular weight is 315 g/mol. The number of benzene rings is 1. The molecule has 1 aromatic carbocycles. The minimum absolute atomic E-state index is 0.192. The Bertz CT molecular complexity index is 435. The zero-order chi connectivity index (χ0) is 13.2. The molecule has 2 nitrogen and oxygen atoms in total. The van der Waals surface area contributed by atoms with E-state index in [0.717, 1.165) is 19.1 Å². The molecule has 1 aromatic rings. The van der Waals surface area contributed by atoms with Crippen LogP contribution in [0.25, 0.3) is 0 Å². The predicted molar refractivity (Wildman–Crippen MR) is 55.7 cm³/mol. The first kappa shape index (κ1) is 14.0. The Morgan fingerprint density at radius 1 is 1.29 bits per heavy atom. The number of rotatable bonds is 4. The lowest BCUT2D eigenvalue weighted by atomic mass is 10.0. The minimum Gasteiger partial charge on any atom is -0.434 e. The lowest BCUT2D eigenvalue weighted by Gasteiger charge is -2.13. The van der Waals surface area contributed by atoms with Gasteiger partial charge in [-0.25, -0.2) is 8.78 Å². The summed E-state index contributed by atoms with van der Waals surface area (Å²) >= 11 is 2.82. The summed E-state index contributed by atoms with van der Waals surface area (Å²) in [5, 5.41) is 0. The zero-order valence-electron chi connectivity index (χ0n) is 8.52. The summed E-state index contributed by atoms with van der Waals surface area (Å²) in [5.74, 6) is -1.01. The molecule has 1 rings (SSSR count). The van der Waals surface area contributed by atoms with Crippen LogP contribution in [0.4, 0.5) is 17.6 Å². The van der Waals surface area contributed by atoms with Crippen molar-refractivity contribution in [2.24, 2.45) is 0 Å². The molecule has 17 heavy (non-hydrogen) atoms. The van der Waals surface area contributed by atoms with E-state index in [0.29, 0.717) is 0 Å².